The van der Waals surface area contributed by atoms with Crippen molar-refractivity contribution in [2.45, 2.75) is 25.7 Å². The third-order valence-corrected chi connectivity index (χ3v) is 6.24. The van der Waals surface area contributed by atoms with Crippen molar-refractivity contribution in [3.63, 3.8) is 0 Å². The molecule has 33 heavy (non-hydrogen) atoms. The van der Waals surface area contributed by atoms with Crippen molar-refractivity contribution in [1.82, 2.24) is 9.78 Å². The minimum absolute atomic E-state index is 0.139. The maximum Gasteiger partial charge on any atom is 0.277 e. The SMILES string of the molecule is COc1ccc(-n2nc(C#N)c3c2C(=O)N(c2ccc(N4CCCCC4=O)cc2)CC3)cc1. The van der Waals surface area contributed by atoms with Crippen LogP contribution in [0.25, 0.3) is 5.69 Å². The number of nitriles is 1. The van der Waals surface area contributed by atoms with Gasteiger partial charge in [-0.1, -0.05) is 0 Å². The first-order valence-corrected chi connectivity index (χ1v) is 11.0. The van der Waals surface area contributed by atoms with Gasteiger partial charge in [0, 0.05) is 36.4 Å². The Balaban J connectivity index is 1.47. The van der Waals surface area contributed by atoms with Crippen molar-refractivity contribution in [3.05, 3.63) is 65.5 Å². The molecule has 0 aliphatic carbocycles. The number of carbonyl (C=O) groups is 2. The van der Waals surface area contributed by atoms with E-state index in [1.54, 1.807) is 33.7 Å². The fraction of sp³-hybridized carbons (Fsp3) is 0.280. The zero-order valence-electron chi connectivity index (χ0n) is 18.3. The van der Waals surface area contributed by atoms with Crippen molar-refractivity contribution in [3.8, 4) is 17.5 Å². The number of hydrogen-bond donors (Lipinski definition) is 0. The molecular weight excluding hydrogens is 418 g/mol. The highest BCUT2D eigenvalue weighted by Gasteiger charge is 2.33. The summed E-state index contributed by atoms with van der Waals surface area (Å²) in [6, 6.07) is 16.9. The summed E-state index contributed by atoms with van der Waals surface area (Å²) in [7, 11) is 1.59. The van der Waals surface area contributed by atoms with Crippen molar-refractivity contribution < 1.29 is 14.3 Å². The van der Waals surface area contributed by atoms with Gasteiger partial charge in [-0.2, -0.15) is 10.4 Å². The molecule has 1 fully saturated rings. The predicted molar refractivity (Wildman–Crippen MR) is 123 cm³/mol. The number of amides is 2. The number of nitrogens with zero attached hydrogens (tertiary/aromatic N) is 5. The summed E-state index contributed by atoms with van der Waals surface area (Å²) in [6.07, 6.45) is 3.04. The van der Waals surface area contributed by atoms with Gasteiger partial charge in [0.15, 0.2) is 5.69 Å². The normalized spacial score (nSPS) is 15.9. The standard InChI is InChI=1S/C25H23N5O3/c1-33-20-11-9-19(10-12-20)30-24-21(22(16-26)27-30)13-15-29(25(24)32)18-7-5-17(6-8-18)28-14-3-2-4-23(28)31/h5-12H,2-4,13-15H2,1H3. The predicted octanol–water partition coefficient (Wildman–Crippen LogP) is 3.47. The second kappa shape index (κ2) is 8.43. The van der Waals surface area contributed by atoms with Gasteiger partial charge in [0.25, 0.3) is 5.91 Å². The lowest BCUT2D eigenvalue weighted by Gasteiger charge is -2.29. The van der Waals surface area contributed by atoms with Crippen LogP contribution in [-0.2, 0) is 11.2 Å². The summed E-state index contributed by atoms with van der Waals surface area (Å²) in [6.45, 7) is 1.18. The van der Waals surface area contributed by atoms with E-state index in [-0.39, 0.29) is 17.5 Å². The van der Waals surface area contributed by atoms with Gasteiger partial charge in [0.1, 0.15) is 17.5 Å². The molecule has 0 atom stereocenters. The molecule has 3 heterocycles. The van der Waals surface area contributed by atoms with Crippen LogP contribution in [0.2, 0.25) is 0 Å². The van der Waals surface area contributed by atoms with E-state index in [0.717, 1.165) is 30.8 Å². The Hall–Kier alpha value is -4.12. The van der Waals surface area contributed by atoms with Gasteiger partial charge in [-0.3, -0.25) is 9.59 Å². The Morgan fingerprint density at radius 3 is 2.18 bits per heavy atom. The van der Waals surface area contributed by atoms with Crippen LogP contribution in [0.3, 0.4) is 0 Å². The van der Waals surface area contributed by atoms with E-state index in [1.807, 2.05) is 36.4 Å². The molecule has 8 nitrogen and oxygen atoms in total. The van der Waals surface area contributed by atoms with E-state index in [2.05, 4.69) is 11.2 Å². The van der Waals surface area contributed by atoms with Gasteiger partial charge in [0.2, 0.25) is 5.91 Å². The Kier molecular flexibility index (Phi) is 5.31. The number of fused-ring (bicyclic) bond motifs is 1. The van der Waals surface area contributed by atoms with Crippen molar-refractivity contribution in [1.29, 1.82) is 5.26 Å². The van der Waals surface area contributed by atoms with Crippen molar-refractivity contribution >= 4 is 23.2 Å². The molecule has 2 aliphatic rings. The zero-order chi connectivity index (χ0) is 22.9. The maximum absolute atomic E-state index is 13.6. The lowest BCUT2D eigenvalue weighted by molar-refractivity contribution is -0.119. The highest BCUT2D eigenvalue weighted by Crippen LogP contribution is 2.30. The molecule has 3 aromatic rings. The van der Waals surface area contributed by atoms with Gasteiger partial charge < -0.3 is 14.5 Å². The number of rotatable bonds is 4. The minimum atomic E-state index is -0.206. The van der Waals surface area contributed by atoms with Crippen LogP contribution >= 0.6 is 0 Å². The number of carbonyl (C=O) groups excluding carboxylic acids is 2. The summed E-state index contributed by atoms with van der Waals surface area (Å²) in [5, 5.41) is 14.0. The van der Waals surface area contributed by atoms with Crippen LogP contribution in [-0.4, -0.2) is 41.8 Å². The summed E-state index contributed by atoms with van der Waals surface area (Å²) in [5.41, 5.74) is 3.63. The van der Waals surface area contributed by atoms with Gasteiger partial charge >= 0.3 is 0 Å². The number of piperidine rings is 1. The van der Waals surface area contributed by atoms with E-state index in [1.165, 1.54) is 0 Å². The van der Waals surface area contributed by atoms with E-state index < -0.39 is 0 Å². The zero-order valence-corrected chi connectivity index (χ0v) is 18.3. The molecule has 0 spiro atoms. The summed E-state index contributed by atoms with van der Waals surface area (Å²) >= 11 is 0. The molecule has 5 rings (SSSR count). The van der Waals surface area contributed by atoms with Gasteiger partial charge in [-0.25, -0.2) is 4.68 Å². The minimum Gasteiger partial charge on any atom is -0.497 e. The fourth-order valence-corrected chi connectivity index (χ4v) is 4.50. The Morgan fingerprint density at radius 2 is 1.55 bits per heavy atom. The molecule has 0 unspecified atom stereocenters. The molecule has 166 valence electrons. The molecule has 0 saturated carbocycles. The molecule has 1 aromatic heterocycles. The number of benzene rings is 2. The molecule has 0 radical (unpaired) electrons. The van der Waals surface area contributed by atoms with Gasteiger partial charge in [-0.15, -0.1) is 0 Å². The first-order valence-electron chi connectivity index (χ1n) is 11.0. The lowest BCUT2D eigenvalue weighted by atomic mass is 10.0. The fourth-order valence-electron chi connectivity index (χ4n) is 4.50. The highest BCUT2D eigenvalue weighted by atomic mass is 16.5. The van der Waals surface area contributed by atoms with Crippen LogP contribution in [0.1, 0.15) is 41.0 Å². The monoisotopic (exact) mass is 441 g/mol. The average Bonchev–Trinajstić information content (AvgIpc) is 3.24. The highest BCUT2D eigenvalue weighted by molar-refractivity contribution is 6.08. The number of hydrogen-bond acceptors (Lipinski definition) is 5. The van der Waals surface area contributed by atoms with Crippen molar-refractivity contribution in [2.24, 2.45) is 0 Å². The molecule has 0 N–H and O–H groups in total. The van der Waals surface area contributed by atoms with E-state index in [9.17, 15) is 14.9 Å². The molecule has 0 bridgehead atoms. The second-order valence-electron chi connectivity index (χ2n) is 8.12. The molecular formula is C25H23N5O3. The second-order valence-corrected chi connectivity index (χ2v) is 8.12. The smallest absolute Gasteiger partial charge is 0.277 e. The number of anilines is 2. The Bertz CT molecular complexity index is 1250. The summed E-state index contributed by atoms with van der Waals surface area (Å²) in [4.78, 5) is 29.3. The van der Waals surface area contributed by atoms with Gasteiger partial charge in [-0.05, 0) is 67.8 Å². The summed E-state index contributed by atoms with van der Waals surface area (Å²) < 4.78 is 6.76. The topological polar surface area (TPSA) is 91.5 Å². The van der Waals surface area contributed by atoms with Crippen LogP contribution in [0.15, 0.2) is 48.5 Å². The van der Waals surface area contributed by atoms with Crippen molar-refractivity contribution in [2.75, 3.05) is 30.0 Å². The molecule has 8 heteroatoms. The molecule has 2 aromatic carbocycles. The summed E-state index contributed by atoms with van der Waals surface area (Å²) in [5.74, 6) is 0.628. The van der Waals surface area contributed by atoms with Crippen LogP contribution < -0.4 is 14.5 Å². The van der Waals surface area contributed by atoms with Crippen LogP contribution in [0.4, 0.5) is 11.4 Å². The number of ether oxygens (including phenoxy) is 1. The van der Waals surface area contributed by atoms with Gasteiger partial charge in [0.05, 0.1) is 12.8 Å². The maximum atomic E-state index is 13.6. The third-order valence-electron chi connectivity index (χ3n) is 6.24. The first kappa shape index (κ1) is 20.8. The first-order chi connectivity index (χ1) is 16.1. The lowest BCUT2D eigenvalue weighted by Crippen LogP contribution is -2.39. The number of aromatic nitrogens is 2. The average molecular weight is 441 g/mol. The van der Waals surface area contributed by atoms with Crippen LogP contribution in [0.5, 0.6) is 5.75 Å². The quantitative estimate of drug-likeness (QED) is 0.618. The van der Waals surface area contributed by atoms with E-state index >= 15 is 0 Å². The molecule has 2 amide bonds. The van der Waals surface area contributed by atoms with E-state index in [0.29, 0.717) is 42.1 Å². The largest absolute Gasteiger partial charge is 0.497 e. The Morgan fingerprint density at radius 1 is 0.879 bits per heavy atom. The molecule has 2 aliphatic heterocycles. The number of methoxy groups -OCH3 is 1. The Labute approximate surface area is 191 Å². The van der Waals surface area contributed by atoms with Crippen LogP contribution in [0, 0.1) is 11.3 Å². The molecule has 1 saturated heterocycles. The third kappa shape index (κ3) is 3.61. The van der Waals surface area contributed by atoms with E-state index in [4.69, 9.17) is 4.74 Å².